The largest absolute Gasteiger partial charge is 0.0622 e. The van der Waals surface area contributed by atoms with Crippen LogP contribution in [0.2, 0.25) is 0 Å². The number of hydrogen-bond acceptors (Lipinski definition) is 0. The van der Waals surface area contributed by atoms with Crippen LogP contribution >= 0.6 is 0 Å². The van der Waals surface area contributed by atoms with Crippen molar-refractivity contribution in [1.29, 1.82) is 0 Å². The Kier molecular flexibility index (Phi) is 8.58. The van der Waals surface area contributed by atoms with Crippen molar-refractivity contribution in [3.63, 3.8) is 0 Å². The fourth-order valence-electron chi connectivity index (χ4n) is 11.1. The van der Waals surface area contributed by atoms with Gasteiger partial charge in [-0.05, 0) is 126 Å². The molecule has 0 aliphatic heterocycles. The summed E-state index contributed by atoms with van der Waals surface area (Å²) in [5, 5.41) is 8.16. The first-order valence-electron chi connectivity index (χ1n) is 21.0. The van der Waals surface area contributed by atoms with Crippen LogP contribution in [0, 0.1) is 0 Å². The number of hydrogen-bond donors (Lipinski definition) is 0. The molecule has 0 saturated heterocycles. The molecule has 3 atom stereocenters. The number of benzene rings is 9. The first kappa shape index (κ1) is 34.0. The molecule has 0 amide bonds. The Morgan fingerprint density at radius 1 is 0.316 bits per heavy atom. The maximum atomic E-state index is 2.64. The van der Waals surface area contributed by atoms with Crippen molar-refractivity contribution >= 4 is 32.3 Å². The molecule has 0 nitrogen and oxygen atoms in total. The van der Waals surface area contributed by atoms with Gasteiger partial charge in [0.2, 0.25) is 0 Å². The second kappa shape index (κ2) is 14.4. The van der Waals surface area contributed by atoms with E-state index in [0.717, 1.165) is 0 Å². The van der Waals surface area contributed by atoms with E-state index in [4.69, 9.17) is 0 Å². The Bertz CT molecular complexity index is 2810. The smallest absolute Gasteiger partial charge is 0.0170 e. The third kappa shape index (κ3) is 5.89. The van der Waals surface area contributed by atoms with E-state index in [1.54, 1.807) is 5.56 Å². The van der Waals surface area contributed by atoms with Gasteiger partial charge in [0.15, 0.2) is 0 Å². The maximum Gasteiger partial charge on any atom is 0.0170 e. The van der Waals surface area contributed by atoms with Gasteiger partial charge in [-0.1, -0.05) is 194 Å². The maximum absolute atomic E-state index is 2.64. The van der Waals surface area contributed by atoms with Crippen LogP contribution in [0.25, 0.3) is 43.4 Å². The van der Waals surface area contributed by atoms with Crippen LogP contribution in [0.3, 0.4) is 0 Å². The zero-order valence-electron chi connectivity index (χ0n) is 32.3. The summed E-state index contributed by atoms with van der Waals surface area (Å²) >= 11 is 0. The molecular weight excluding hydrogens is 685 g/mol. The van der Waals surface area contributed by atoms with E-state index in [0.29, 0.717) is 29.6 Å². The molecule has 0 spiro atoms. The van der Waals surface area contributed by atoms with E-state index in [1.165, 1.54) is 103 Å². The monoisotopic (exact) mass is 730 g/mol. The van der Waals surface area contributed by atoms with Crippen LogP contribution < -0.4 is 0 Å². The number of fused-ring (bicyclic) bond motifs is 4. The number of rotatable bonds is 6. The lowest BCUT2D eigenvalue weighted by atomic mass is 9.73. The molecule has 0 N–H and O–H groups in total. The zero-order chi connectivity index (χ0) is 37.7. The van der Waals surface area contributed by atoms with Gasteiger partial charge >= 0.3 is 0 Å². The molecule has 0 heteroatoms. The molecule has 1 saturated carbocycles. The predicted octanol–water partition coefficient (Wildman–Crippen LogP) is 15.3. The fourth-order valence-corrected chi connectivity index (χ4v) is 11.1. The highest BCUT2D eigenvalue weighted by Crippen LogP contribution is 2.58. The SMILES string of the molecule is c1ccc(C2c3ccc(C4CCC(c5c6ccccc6c(-c6ccc7ccccc7c6)c6ccccc56)CC4)cc3C(c3ccccc3)C2c2ccccc2)cc1. The molecule has 11 rings (SSSR count). The molecule has 57 heavy (non-hydrogen) atoms. The van der Waals surface area contributed by atoms with Crippen LogP contribution in [0.15, 0.2) is 200 Å². The molecule has 3 unspecified atom stereocenters. The van der Waals surface area contributed by atoms with Gasteiger partial charge in [0.05, 0.1) is 0 Å². The average molecular weight is 731 g/mol. The Morgan fingerprint density at radius 3 is 1.42 bits per heavy atom. The van der Waals surface area contributed by atoms with E-state index >= 15 is 0 Å². The Hall–Kier alpha value is -6.24. The van der Waals surface area contributed by atoms with Crippen molar-refractivity contribution in [3.05, 3.63) is 239 Å². The minimum atomic E-state index is 0.295. The van der Waals surface area contributed by atoms with Gasteiger partial charge < -0.3 is 0 Å². The highest BCUT2D eigenvalue weighted by atomic mass is 14.5. The van der Waals surface area contributed by atoms with Gasteiger partial charge in [-0.15, -0.1) is 0 Å². The van der Waals surface area contributed by atoms with Crippen LogP contribution in [0.5, 0.6) is 0 Å². The molecule has 0 aromatic heterocycles. The molecule has 2 aliphatic carbocycles. The summed E-state index contributed by atoms with van der Waals surface area (Å²) in [5.74, 6) is 2.01. The van der Waals surface area contributed by atoms with Crippen LogP contribution in [-0.2, 0) is 0 Å². The van der Waals surface area contributed by atoms with E-state index in [9.17, 15) is 0 Å². The highest BCUT2D eigenvalue weighted by molar-refractivity contribution is 6.16. The summed E-state index contributed by atoms with van der Waals surface area (Å²) in [7, 11) is 0. The van der Waals surface area contributed by atoms with E-state index in [2.05, 4.69) is 200 Å². The molecule has 9 aromatic rings. The molecule has 9 aromatic carbocycles. The quantitative estimate of drug-likeness (QED) is 0.149. The third-order valence-corrected chi connectivity index (χ3v) is 13.6. The van der Waals surface area contributed by atoms with E-state index in [1.807, 2.05) is 0 Å². The van der Waals surface area contributed by atoms with Crippen molar-refractivity contribution in [1.82, 2.24) is 0 Å². The van der Waals surface area contributed by atoms with Crippen LogP contribution in [-0.4, -0.2) is 0 Å². The van der Waals surface area contributed by atoms with Crippen molar-refractivity contribution in [2.75, 3.05) is 0 Å². The van der Waals surface area contributed by atoms with Crippen LogP contribution in [0.4, 0.5) is 0 Å². The topological polar surface area (TPSA) is 0 Å². The summed E-state index contributed by atoms with van der Waals surface area (Å²) in [6.07, 6.45) is 4.82. The summed E-state index contributed by atoms with van der Waals surface area (Å²) < 4.78 is 0. The molecule has 1 fully saturated rings. The minimum Gasteiger partial charge on any atom is -0.0622 e. The van der Waals surface area contributed by atoms with E-state index < -0.39 is 0 Å². The lowest BCUT2D eigenvalue weighted by molar-refractivity contribution is 0.399. The van der Waals surface area contributed by atoms with Gasteiger partial charge in [0, 0.05) is 17.8 Å². The second-order valence-electron chi connectivity index (χ2n) is 16.6. The molecule has 274 valence electrons. The molecule has 0 heterocycles. The van der Waals surface area contributed by atoms with Gasteiger partial charge in [0.1, 0.15) is 0 Å². The lowest BCUT2D eigenvalue weighted by Gasteiger charge is -2.32. The van der Waals surface area contributed by atoms with Gasteiger partial charge in [-0.3, -0.25) is 0 Å². The summed E-state index contributed by atoms with van der Waals surface area (Å²) in [5.41, 5.74) is 13.0. The minimum absolute atomic E-state index is 0.295. The van der Waals surface area contributed by atoms with Crippen LogP contribution in [0.1, 0.15) is 94.2 Å². The third-order valence-electron chi connectivity index (χ3n) is 13.6. The molecule has 0 radical (unpaired) electrons. The first-order chi connectivity index (χ1) is 28.3. The van der Waals surface area contributed by atoms with Gasteiger partial charge in [-0.25, -0.2) is 0 Å². The van der Waals surface area contributed by atoms with Crippen molar-refractivity contribution in [2.24, 2.45) is 0 Å². The summed E-state index contributed by atoms with van der Waals surface area (Å²) in [6, 6.07) is 75.7. The average Bonchev–Trinajstić information content (AvgIpc) is 3.63. The van der Waals surface area contributed by atoms with Crippen molar-refractivity contribution < 1.29 is 0 Å². The predicted molar refractivity (Wildman–Crippen MR) is 241 cm³/mol. The lowest BCUT2D eigenvalue weighted by Crippen LogP contribution is -2.14. The Morgan fingerprint density at radius 2 is 0.807 bits per heavy atom. The van der Waals surface area contributed by atoms with Crippen molar-refractivity contribution in [3.8, 4) is 11.1 Å². The Labute approximate surface area is 336 Å². The fraction of sp³-hybridized carbons (Fsp3) is 0.158. The van der Waals surface area contributed by atoms with Crippen molar-refractivity contribution in [2.45, 2.75) is 55.3 Å². The summed E-state index contributed by atoms with van der Waals surface area (Å²) in [4.78, 5) is 0. The first-order valence-corrected chi connectivity index (χ1v) is 21.0. The van der Waals surface area contributed by atoms with Gasteiger partial charge in [-0.2, -0.15) is 0 Å². The highest BCUT2D eigenvalue weighted by Gasteiger charge is 2.43. The zero-order valence-corrected chi connectivity index (χ0v) is 32.3. The second-order valence-corrected chi connectivity index (χ2v) is 16.6. The molecule has 2 aliphatic rings. The summed E-state index contributed by atoms with van der Waals surface area (Å²) in [6.45, 7) is 0. The molecular formula is C57H46. The Balaban J connectivity index is 0.965. The van der Waals surface area contributed by atoms with Gasteiger partial charge in [0.25, 0.3) is 0 Å². The molecule has 0 bridgehead atoms. The standard InChI is InChI=1S/C57H46/c1-4-17-40(18-5-1)55-51-35-34-45(37-52(51)56(41-19-6-2-7-20-41)57(55)42-21-8-3-9-22-42)39-28-31-43(32-29-39)53-47-24-12-14-26-49(47)54(50-27-15-13-25-48(50)53)46-33-30-38-16-10-11-23-44(38)36-46/h1-27,30,33-37,39,43,55-57H,28-29,31-32H2. The van der Waals surface area contributed by atoms with E-state index in [-0.39, 0.29) is 0 Å². The normalized spacial score (nSPS) is 20.5.